The highest BCUT2D eigenvalue weighted by atomic mass is 16.5. The minimum atomic E-state index is -0.519. The monoisotopic (exact) mass is 314 g/mol. The first-order valence-corrected chi connectivity index (χ1v) is 7.41. The molecular weight excluding hydrogens is 300 g/mol. The van der Waals surface area contributed by atoms with Crippen LogP contribution < -0.4 is 4.74 Å². The Morgan fingerprint density at radius 1 is 1.04 bits per heavy atom. The molecule has 0 radical (unpaired) electrons. The van der Waals surface area contributed by atoms with Crippen molar-refractivity contribution in [3.63, 3.8) is 0 Å². The topological polar surface area (TPSA) is 74.6 Å². The Bertz CT molecular complexity index is 903. The Kier molecular flexibility index (Phi) is 4.55. The van der Waals surface area contributed by atoms with E-state index in [1.807, 2.05) is 48.5 Å². The molecule has 1 atom stereocenters. The van der Waals surface area contributed by atoms with Crippen LogP contribution in [0.25, 0.3) is 0 Å². The number of rotatable bonds is 5. The van der Waals surface area contributed by atoms with Gasteiger partial charge in [0.25, 0.3) is 6.01 Å². The largest absolute Gasteiger partial charge is 0.460 e. The zero-order valence-electron chi connectivity index (χ0n) is 12.8. The minimum Gasteiger partial charge on any atom is -0.460 e. The molecule has 1 heterocycles. The summed E-state index contributed by atoms with van der Waals surface area (Å²) in [6.07, 6.45) is 3.31. The van der Waals surface area contributed by atoms with Gasteiger partial charge < -0.3 is 4.74 Å². The molecule has 0 amide bonds. The van der Waals surface area contributed by atoms with E-state index in [9.17, 15) is 5.26 Å². The molecule has 5 nitrogen and oxygen atoms in total. The molecule has 0 bridgehead atoms. The predicted octanol–water partition coefficient (Wildman–Crippen LogP) is 3.45. The molecule has 3 rings (SSSR count). The summed E-state index contributed by atoms with van der Waals surface area (Å²) in [6, 6.07) is 21.0. The number of ether oxygens (including phenoxy) is 1. The van der Waals surface area contributed by atoms with Crippen LogP contribution in [-0.4, -0.2) is 9.55 Å². The molecule has 0 saturated carbocycles. The van der Waals surface area contributed by atoms with Crippen LogP contribution in [-0.2, 0) is 6.61 Å². The lowest BCUT2D eigenvalue weighted by atomic mass is 10.1. The molecule has 0 aliphatic carbocycles. The van der Waals surface area contributed by atoms with Crippen molar-refractivity contribution in [2.75, 3.05) is 0 Å². The van der Waals surface area contributed by atoms with Crippen LogP contribution in [0.3, 0.4) is 0 Å². The molecule has 0 fully saturated rings. The van der Waals surface area contributed by atoms with Crippen molar-refractivity contribution >= 4 is 0 Å². The molecule has 0 spiro atoms. The van der Waals surface area contributed by atoms with Crippen molar-refractivity contribution in [1.29, 1.82) is 10.5 Å². The number of nitrogens with zero attached hydrogens (tertiary/aromatic N) is 4. The fraction of sp³-hybridized carbons (Fsp3) is 0.105. The van der Waals surface area contributed by atoms with Crippen LogP contribution in [0.4, 0.5) is 0 Å². The van der Waals surface area contributed by atoms with Gasteiger partial charge in [-0.25, -0.2) is 4.98 Å². The van der Waals surface area contributed by atoms with Gasteiger partial charge in [-0.2, -0.15) is 10.5 Å². The summed E-state index contributed by atoms with van der Waals surface area (Å²) in [6.45, 7) is 0.216. The Labute approximate surface area is 140 Å². The second-order valence-corrected chi connectivity index (χ2v) is 5.12. The summed E-state index contributed by atoms with van der Waals surface area (Å²) < 4.78 is 7.44. The molecule has 0 aliphatic rings. The summed E-state index contributed by atoms with van der Waals surface area (Å²) in [5.74, 6) is 0. The fourth-order valence-corrected chi connectivity index (χ4v) is 2.44. The summed E-state index contributed by atoms with van der Waals surface area (Å²) >= 11 is 0. The van der Waals surface area contributed by atoms with Gasteiger partial charge in [0.1, 0.15) is 6.61 Å². The maximum absolute atomic E-state index is 9.55. The van der Waals surface area contributed by atoms with Crippen molar-refractivity contribution in [1.82, 2.24) is 9.55 Å². The van der Waals surface area contributed by atoms with Gasteiger partial charge in [0, 0.05) is 18.0 Å². The molecule has 116 valence electrons. The van der Waals surface area contributed by atoms with Crippen molar-refractivity contribution in [3.05, 3.63) is 83.7 Å². The Hall–Kier alpha value is -3.57. The van der Waals surface area contributed by atoms with Gasteiger partial charge in [-0.3, -0.25) is 4.57 Å². The van der Waals surface area contributed by atoms with Crippen molar-refractivity contribution in [3.8, 4) is 18.1 Å². The number of hydrogen-bond acceptors (Lipinski definition) is 4. The zero-order chi connectivity index (χ0) is 16.8. The maximum Gasteiger partial charge on any atom is 0.297 e. The minimum absolute atomic E-state index is 0.216. The maximum atomic E-state index is 9.55. The molecule has 1 aromatic heterocycles. The smallest absolute Gasteiger partial charge is 0.297 e. The van der Waals surface area contributed by atoms with E-state index in [1.54, 1.807) is 23.0 Å². The number of aromatic nitrogens is 2. The van der Waals surface area contributed by atoms with E-state index in [0.29, 0.717) is 11.6 Å². The molecular formula is C19H14N4O. The molecule has 0 aliphatic heterocycles. The van der Waals surface area contributed by atoms with Crippen molar-refractivity contribution in [2.45, 2.75) is 12.6 Å². The van der Waals surface area contributed by atoms with Gasteiger partial charge in [0.05, 0.1) is 17.7 Å². The number of hydrogen-bond donors (Lipinski definition) is 0. The van der Waals surface area contributed by atoms with Gasteiger partial charge >= 0.3 is 0 Å². The van der Waals surface area contributed by atoms with Crippen LogP contribution in [0.1, 0.15) is 22.7 Å². The molecule has 0 saturated heterocycles. The van der Waals surface area contributed by atoms with Gasteiger partial charge in [0.15, 0.2) is 6.04 Å². The normalized spacial score (nSPS) is 11.2. The van der Waals surface area contributed by atoms with Crippen molar-refractivity contribution < 1.29 is 4.74 Å². The average molecular weight is 314 g/mol. The third kappa shape index (κ3) is 3.11. The average Bonchev–Trinajstić information content (AvgIpc) is 3.10. The first-order valence-electron chi connectivity index (χ1n) is 7.41. The third-order valence-corrected chi connectivity index (χ3v) is 3.64. The van der Waals surface area contributed by atoms with Crippen LogP contribution >= 0.6 is 0 Å². The van der Waals surface area contributed by atoms with Gasteiger partial charge in [-0.15, -0.1) is 0 Å². The lowest BCUT2D eigenvalue weighted by molar-refractivity contribution is 0.266. The van der Waals surface area contributed by atoms with E-state index >= 15 is 0 Å². The molecule has 0 N–H and O–H groups in total. The van der Waals surface area contributed by atoms with Crippen molar-refractivity contribution in [2.24, 2.45) is 0 Å². The molecule has 24 heavy (non-hydrogen) atoms. The molecule has 1 unspecified atom stereocenters. The van der Waals surface area contributed by atoms with Crippen LogP contribution in [0.2, 0.25) is 0 Å². The quantitative estimate of drug-likeness (QED) is 0.723. The first kappa shape index (κ1) is 15.3. The summed E-state index contributed by atoms with van der Waals surface area (Å²) in [5.41, 5.74) is 2.21. The predicted molar refractivity (Wildman–Crippen MR) is 87.9 cm³/mol. The lowest BCUT2D eigenvalue weighted by Crippen LogP contribution is -2.11. The highest BCUT2D eigenvalue weighted by Crippen LogP contribution is 2.23. The first-order chi connectivity index (χ1) is 11.8. The van der Waals surface area contributed by atoms with Crippen LogP contribution in [0.5, 0.6) is 6.01 Å². The number of benzene rings is 2. The summed E-state index contributed by atoms with van der Waals surface area (Å²) in [4.78, 5) is 4.19. The number of nitriles is 2. The number of imidazole rings is 1. The standard InChI is InChI=1S/C19H14N4O/c20-12-16-8-4-5-9-17(16)14-24-19-22-10-11-23(19)18(13-21)15-6-2-1-3-7-15/h1-11,18H,14H2. The van der Waals surface area contributed by atoms with Gasteiger partial charge in [0.2, 0.25) is 0 Å². The molecule has 5 heteroatoms. The van der Waals surface area contributed by atoms with E-state index in [4.69, 9.17) is 10.00 Å². The highest BCUT2D eigenvalue weighted by molar-refractivity contribution is 5.37. The SMILES string of the molecule is N#Cc1ccccc1COc1nccn1C(C#N)c1ccccc1. The van der Waals surface area contributed by atoms with E-state index in [1.165, 1.54) is 0 Å². The van der Waals surface area contributed by atoms with Crippen LogP contribution in [0, 0.1) is 22.7 Å². The van der Waals surface area contributed by atoms with E-state index in [2.05, 4.69) is 17.1 Å². The second-order valence-electron chi connectivity index (χ2n) is 5.12. The van der Waals surface area contributed by atoms with E-state index in [-0.39, 0.29) is 6.61 Å². The van der Waals surface area contributed by atoms with Gasteiger partial charge in [-0.05, 0) is 11.6 Å². The van der Waals surface area contributed by atoms with E-state index < -0.39 is 6.04 Å². The Balaban J connectivity index is 1.83. The second kappa shape index (κ2) is 7.13. The van der Waals surface area contributed by atoms with Crippen LogP contribution in [0.15, 0.2) is 67.0 Å². The zero-order valence-corrected chi connectivity index (χ0v) is 12.8. The van der Waals surface area contributed by atoms with Gasteiger partial charge in [-0.1, -0.05) is 48.5 Å². The highest BCUT2D eigenvalue weighted by Gasteiger charge is 2.17. The fourth-order valence-electron chi connectivity index (χ4n) is 2.44. The summed E-state index contributed by atoms with van der Waals surface area (Å²) in [5, 5.41) is 18.7. The summed E-state index contributed by atoms with van der Waals surface area (Å²) in [7, 11) is 0. The van der Waals surface area contributed by atoms with E-state index in [0.717, 1.165) is 11.1 Å². The lowest BCUT2D eigenvalue weighted by Gasteiger charge is -2.15. The Morgan fingerprint density at radius 2 is 1.79 bits per heavy atom. The Morgan fingerprint density at radius 3 is 2.54 bits per heavy atom. The molecule has 2 aromatic carbocycles. The third-order valence-electron chi connectivity index (χ3n) is 3.64. The molecule has 3 aromatic rings.